The van der Waals surface area contributed by atoms with E-state index < -0.39 is 0 Å². The number of carbonyl (C=O) groups excluding carboxylic acids is 1. The van der Waals surface area contributed by atoms with E-state index in [1.165, 1.54) is 0 Å². The largest absolute Gasteiger partial charge is 0.287 e. The van der Waals surface area contributed by atoms with E-state index in [-0.39, 0.29) is 5.78 Å². The van der Waals surface area contributed by atoms with Crippen LogP contribution in [0.5, 0.6) is 0 Å². The number of hydrogen-bond donors (Lipinski definition) is 0. The average molecular weight is 328 g/mol. The minimum Gasteiger partial charge on any atom is -0.287 e. The van der Waals surface area contributed by atoms with E-state index in [9.17, 15) is 4.79 Å². The van der Waals surface area contributed by atoms with Gasteiger partial charge in [0.2, 0.25) is 5.78 Å². The first-order chi connectivity index (χ1) is 8.63. The summed E-state index contributed by atoms with van der Waals surface area (Å²) in [5.41, 5.74) is 1.06. The fourth-order valence-electron chi connectivity index (χ4n) is 1.73. The van der Waals surface area contributed by atoms with Crippen molar-refractivity contribution < 1.29 is 4.79 Å². The Morgan fingerprint density at radius 3 is 2.94 bits per heavy atom. The van der Waals surface area contributed by atoms with Crippen molar-refractivity contribution in [2.75, 3.05) is 0 Å². The fraction of sp³-hybridized carbons (Fsp3) is 0.231. The van der Waals surface area contributed by atoms with Gasteiger partial charge in [-0.3, -0.25) is 9.48 Å². The van der Waals surface area contributed by atoms with E-state index in [1.807, 2.05) is 13.0 Å². The molecule has 94 valence electrons. The van der Waals surface area contributed by atoms with Gasteiger partial charge in [0, 0.05) is 22.8 Å². The van der Waals surface area contributed by atoms with Gasteiger partial charge in [-0.15, -0.1) is 0 Å². The Morgan fingerprint density at radius 1 is 1.44 bits per heavy atom. The van der Waals surface area contributed by atoms with Crippen LogP contribution in [0.4, 0.5) is 0 Å². The first-order valence-corrected chi connectivity index (χ1v) is 6.82. The van der Waals surface area contributed by atoms with E-state index in [0.29, 0.717) is 16.3 Å². The molecule has 3 nitrogen and oxygen atoms in total. The lowest BCUT2D eigenvalue weighted by Crippen LogP contribution is -2.11. The number of aryl methyl sites for hydroxylation is 1. The normalized spacial score (nSPS) is 10.6. The molecule has 0 saturated heterocycles. The second-order valence-corrected chi connectivity index (χ2v) is 5.22. The number of halogens is 2. The molecule has 1 aromatic carbocycles. The van der Waals surface area contributed by atoms with Crippen LogP contribution in [0.25, 0.3) is 0 Å². The van der Waals surface area contributed by atoms with Crippen molar-refractivity contribution >= 4 is 33.3 Å². The maximum atomic E-state index is 12.4. The third-order valence-electron chi connectivity index (χ3n) is 2.56. The second kappa shape index (κ2) is 5.67. The minimum absolute atomic E-state index is 0.104. The number of ketones is 1. The summed E-state index contributed by atoms with van der Waals surface area (Å²) < 4.78 is 2.54. The Labute approximate surface area is 119 Å². The van der Waals surface area contributed by atoms with Gasteiger partial charge in [0.05, 0.1) is 5.02 Å². The van der Waals surface area contributed by atoms with Crippen LogP contribution in [-0.4, -0.2) is 15.6 Å². The summed E-state index contributed by atoms with van der Waals surface area (Å²) in [6, 6.07) is 6.96. The highest BCUT2D eigenvalue weighted by Crippen LogP contribution is 2.23. The van der Waals surface area contributed by atoms with Gasteiger partial charge in [0.25, 0.3) is 0 Å². The molecule has 0 unspecified atom stereocenters. The van der Waals surface area contributed by atoms with Crippen molar-refractivity contribution in [1.29, 1.82) is 0 Å². The van der Waals surface area contributed by atoms with E-state index in [0.717, 1.165) is 17.4 Å². The topological polar surface area (TPSA) is 34.9 Å². The van der Waals surface area contributed by atoms with E-state index in [1.54, 1.807) is 29.1 Å². The van der Waals surface area contributed by atoms with Crippen LogP contribution in [0, 0.1) is 0 Å². The van der Waals surface area contributed by atoms with Crippen LogP contribution in [-0.2, 0) is 6.54 Å². The van der Waals surface area contributed by atoms with Gasteiger partial charge in [-0.1, -0.05) is 34.5 Å². The van der Waals surface area contributed by atoms with Gasteiger partial charge in [0.15, 0.2) is 0 Å². The summed E-state index contributed by atoms with van der Waals surface area (Å²) in [5, 5.41) is 4.60. The predicted molar refractivity (Wildman–Crippen MR) is 75.1 cm³/mol. The predicted octanol–water partition coefficient (Wildman–Crippen LogP) is 3.94. The molecule has 2 rings (SSSR count). The zero-order valence-electron chi connectivity index (χ0n) is 9.86. The molecule has 1 heterocycles. The lowest BCUT2D eigenvalue weighted by atomic mass is 10.1. The van der Waals surface area contributed by atoms with Crippen molar-refractivity contribution in [3.05, 3.63) is 51.2 Å². The molecule has 0 spiro atoms. The lowest BCUT2D eigenvalue weighted by molar-refractivity contribution is 0.102. The van der Waals surface area contributed by atoms with Crippen LogP contribution in [0.2, 0.25) is 5.02 Å². The van der Waals surface area contributed by atoms with Gasteiger partial charge in [-0.2, -0.15) is 5.10 Å². The Kier molecular flexibility index (Phi) is 4.19. The summed E-state index contributed by atoms with van der Waals surface area (Å²) in [7, 11) is 0. The summed E-state index contributed by atoms with van der Waals surface area (Å²) in [4.78, 5) is 12.4. The maximum absolute atomic E-state index is 12.4. The standard InChI is InChI=1S/C13H12BrClN2O/c1-2-7-17-12(5-6-16-17)13(18)10-8-9(14)3-4-11(10)15/h3-6,8H,2,7H2,1H3. The molecule has 18 heavy (non-hydrogen) atoms. The van der Waals surface area contributed by atoms with E-state index >= 15 is 0 Å². The Hall–Kier alpha value is -1.13. The van der Waals surface area contributed by atoms with Crippen LogP contribution in [0.3, 0.4) is 0 Å². The number of carbonyl (C=O) groups is 1. The van der Waals surface area contributed by atoms with Crippen molar-refractivity contribution in [2.45, 2.75) is 19.9 Å². The second-order valence-electron chi connectivity index (χ2n) is 3.89. The molecule has 0 fully saturated rings. The van der Waals surface area contributed by atoms with Gasteiger partial charge < -0.3 is 0 Å². The maximum Gasteiger partial charge on any atom is 0.212 e. The first-order valence-electron chi connectivity index (χ1n) is 5.65. The minimum atomic E-state index is -0.104. The first kappa shape index (κ1) is 13.3. The number of hydrogen-bond acceptors (Lipinski definition) is 2. The van der Waals surface area contributed by atoms with E-state index in [4.69, 9.17) is 11.6 Å². The highest BCUT2D eigenvalue weighted by atomic mass is 79.9. The number of nitrogens with zero attached hydrogens (tertiary/aromatic N) is 2. The summed E-state index contributed by atoms with van der Waals surface area (Å²) in [5.74, 6) is -0.104. The molecule has 0 N–H and O–H groups in total. The Bertz CT molecular complexity index is 580. The number of aromatic nitrogens is 2. The Balaban J connectivity index is 2.41. The third kappa shape index (κ3) is 2.65. The summed E-state index contributed by atoms with van der Waals surface area (Å²) in [6.07, 6.45) is 2.56. The molecule has 2 aromatic rings. The molecule has 5 heteroatoms. The van der Waals surface area contributed by atoms with E-state index in [2.05, 4.69) is 21.0 Å². The average Bonchev–Trinajstić information content (AvgIpc) is 2.80. The molecule has 0 amide bonds. The van der Waals surface area contributed by atoms with Crippen LogP contribution in [0.15, 0.2) is 34.9 Å². The molecular weight excluding hydrogens is 316 g/mol. The van der Waals surface area contributed by atoms with Crippen molar-refractivity contribution in [3.63, 3.8) is 0 Å². The quantitative estimate of drug-likeness (QED) is 0.797. The zero-order chi connectivity index (χ0) is 13.1. The molecule has 0 atom stereocenters. The Morgan fingerprint density at radius 2 is 2.22 bits per heavy atom. The smallest absolute Gasteiger partial charge is 0.212 e. The molecule has 1 aromatic heterocycles. The highest BCUT2D eigenvalue weighted by Gasteiger charge is 2.17. The molecule has 0 radical (unpaired) electrons. The van der Waals surface area contributed by atoms with Gasteiger partial charge in [-0.05, 0) is 30.7 Å². The summed E-state index contributed by atoms with van der Waals surface area (Å²) >= 11 is 9.41. The van der Waals surface area contributed by atoms with Crippen molar-refractivity contribution in [3.8, 4) is 0 Å². The molecular formula is C13H12BrClN2O. The SMILES string of the molecule is CCCn1nccc1C(=O)c1cc(Br)ccc1Cl. The van der Waals surface area contributed by atoms with Gasteiger partial charge in [-0.25, -0.2) is 0 Å². The monoisotopic (exact) mass is 326 g/mol. The van der Waals surface area contributed by atoms with Crippen LogP contribution >= 0.6 is 27.5 Å². The van der Waals surface area contributed by atoms with Crippen LogP contribution < -0.4 is 0 Å². The van der Waals surface area contributed by atoms with Crippen molar-refractivity contribution in [1.82, 2.24) is 9.78 Å². The molecule has 0 aliphatic heterocycles. The van der Waals surface area contributed by atoms with Crippen LogP contribution in [0.1, 0.15) is 29.4 Å². The number of rotatable bonds is 4. The van der Waals surface area contributed by atoms with Gasteiger partial charge in [0.1, 0.15) is 5.69 Å². The third-order valence-corrected chi connectivity index (χ3v) is 3.38. The van der Waals surface area contributed by atoms with Crippen molar-refractivity contribution in [2.24, 2.45) is 0 Å². The molecule has 0 saturated carbocycles. The number of benzene rings is 1. The lowest BCUT2D eigenvalue weighted by Gasteiger charge is -2.07. The summed E-state index contributed by atoms with van der Waals surface area (Å²) in [6.45, 7) is 2.77. The molecule has 0 bridgehead atoms. The highest BCUT2D eigenvalue weighted by molar-refractivity contribution is 9.10. The van der Waals surface area contributed by atoms with Gasteiger partial charge >= 0.3 is 0 Å². The molecule has 0 aliphatic rings. The fourth-order valence-corrected chi connectivity index (χ4v) is 2.29. The molecule has 0 aliphatic carbocycles. The zero-order valence-corrected chi connectivity index (χ0v) is 12.2.